The predicted octanol–water partition coefficient (Wildman–Crippen LogP) is 3.08. The fourth-order valence-corrected chi connectivity index (χ4v) is 2.61. The average Bonchev–Trinajstić information content (AvgIpc) is 3.12. The lowest BCUT2D eigenvalue weighted by Gasteiger charge is -2.26. The number of amides is 1. The van der Waals surface area contributed by atoms with Gasteiger partial charge in [-0.1, -0.05) is 23.4 Å². The van der Waals surface area contributed by atoms with Gasteiger partial charge in [0.1, 0.15) is 11.6 Å². The lowest BCUT2D eigenvalue weighted by Crippen LogP contribution is -2.41. The molecule has 1 amide bonds. The fourth-order valence-electron chi connectivity index (χ4n) is 2.61. The first-order chi connectivity index (χ1) is 12.4. The topological polar surface area (TPSA) is 69.0 Å². The molecule has 3 rings (SSSR count). The molecule has 0 radical (unpaired) electrons. The summed E-state index contributed by atoms with van der Waals surface area (Å²) in [5.41, 5.74) is 0.388. The van der Waals surface area contributed by atoms with Crippen LogP contribution in [0.1, 0.15) is 29.9 Å². The smallest absolute Gasteiger partial charge is 0.274 e. The van der Waals surface area contributed by atoms with E-state index >= 15 is 0 Å². The Labute approximate surface area is 150 Å². The maximum atomic E-state index is 14.0. The molecule has 0 bridgehead atoms. The molecule has 0 saturated carbocycles. The largest absolute Gasteiger partial charge is 0.497 e. The van der Waals surface area contributed by atoms with E-state index in [-0.39, 0.29) is 11.5 Å². The van der Waals surface area contributed by atoms with Crippen molar-refractivity contribution < 1.29 is 13.9 Å². The van der Waals surface area contributed by atoms with Gasteiger partial charge < -0.3 is 10.1 Å². The molecule has 0 fully saturated rings. The number of nitrogens with one attached hydrogen (secondary N) is 1. The second-order valence-electron chi connectivity index (χ2n) is 6.31. The molecule has 1 aromatic heterocycles. The molecule has 0 spiro atoms. The Morgan fingerprint density at radius 1 is 1.15 bits per heavy atom. The number of carbonyl (C=O) groups is 1. The zero-order chi connectivity index (χ0) is 18.7. The number of carbonyl (C=O) groups excluding carboxylic acids is 1. The molecule has 3 aromatic rings. The van der Waals surface area contributed by atoms with E-state index in [0.29, 0.717) is 5.56 Å². The Morgan fingerprint density at radius 2 is 1.85 bits per heavy atom. The molecule has 6 nitrogen and oxygen atoms in total. The Hall–Kier alpha value is -3.22. The molecule has 0 aliphatic carbocycles. The van der Waals surface area contributed by atoms with Crippen molar-refractivity contribution in [3.63, 3.8) is 0 Å². The van der Waals surface area contributed by atoms with Crippen molar-refractivity contribution in [1.29, 1.82) is 0 Å². The lowest BCUT2D eigenvalue weighted by molar-refractivity contribution is 0.0905. The zero-order valence-corrected chi connectivity index (χ0v) is 14.7. The third kappa shape index (κ3) is 3.56. The molecular weight excluding hydrogens is 335 g/mol. The molecule has 0 atom stereocenters. The van der Waals surface area contributed by atoms with Crippen LogP contribution in [0, 0.1) is 5.82 Å². The molecule has 7 heteroatoms. The van der Waals surface area contributed by atoms with E-state index in [1.54, 1.807) is 63.4 Å². The number of nitrogens with zero attached hydrogens (tertiary/aromatic N) is 3. The Bertz CT molecular complexity index is 919. The SMILES string of the molecule is COc1ccc(-n2cc(C(=O)NC(C)(C)c3ccccc3F)nn2)cc1. The van der Waals surface area contributed by atoms with Gasteiger partial charge >= 0.3 is 0 Å². The van der Waals surface area contributed by atoms with Gasteiger partial charge in [0.05, 0.1) is 24.5 Å². The zero-order valence-electron chi connectivity index (χ0n) is 14.7. The van der Waals surface area contributed by atoms with E-state index < -0.39 is 11.4 Å². The molecule has 0 saturated heterocycles. The van der Waals surface area contributed by atoms with Gasteiger partial charge in [-0.2, -0.15) is 0 Å². The molecule has 0 aliphatic heterocycles. The van der Waals surface area contributed by atoms with E-state index in [2.05, 4.69) is 15.6 Å². The van der Waals surface area contributed by atoms with Gasteiger partial charge in [0.15, 0.2) is 5.69 Å². The quantitative estimate of drug-likeness (QED) is 0.764. The molecule has 0 aliphatic rings. The van der Waals surface area contributed by atoms with Crippen LogP contribution in [0.4, 0.5) is 4.39 Å². The Morgan fingerprint density at radius 3 is 2.50 bits per heavy atom. The first-order valence-corrected chi connectivity index (χ1v) is 8.05. The van der Waals surface area contributed by atoms with E-state index in [4.69, 9.17) is 4.74 Å². The number of ether oxygens (including phenoxy) is 1. The molecule has 134 valence electrons. The van der Waals surface area contributed by atoms with Crippen LogP contribution in [0.15, 0.2) is 54.7 Å². The van der Waals surface area contributed by atoms with Crippen LogP contribution < -0.4 is 10.1 Å². The summed E-state index contributed by atoms with van der Waals surface area (Å²) >= 11 is 0. The summed E-state index contributed by atoms with van der Waals surface area (Å²) < 4.78 is 20.6. The molecule has 1 heterocycles. The van der Waals surface area contributed by atoms with Crippen molar-refractivity contribution in [1.82, 2.24) is 20.3 Å². The molecule has 2 aromatic carbocycles. The number of benzene rings is 2. The van der Waals surface area contributed by atoms with Crippen molar-refractivity contribution in [2.75, 3.05) is 7.11 Å². The van der Waals surface area contributed by atoms with Gasteiger partial charge in [-0.15, -0.1) is 5.10 Å². The first kappa shape index (κ1) is 17.6. The summed E-state index contributed by atoms with van der Waals surface area (Å²) in [6.07, 6.45) is 1.52. The highest BCUT2D eigenvalue weighted by Crippen LogP contribution is 2.23. The van der Waals surface area contributed by atoms with Gasteiger partial charge in [0, 0.05) is 5.56 Å². The van der Waals surface area contributed by atoms with Gasteiger partial charge in [-0.3, -0.25) is 4.79 Å². The van der Waals surface area contributed by atoms with Crippen molar-refractivity contribution in [2.45, 2.75) is 19.4 Å². The monoisotopic (exact) mass is 354 g/mol. The van der Waals surface area contributed by atoms with E-state index in [1.165, 1.54) is 16.9 Å². The summed E-state index contributed by atoms with van der Waals surface area (Å²) in [6.45, 7) is 3.47. The highest BCUT2D eigenvalue weighted by Gasteiger charge is 2.27. The van der Waals surface area contributed by atoms with Gasteiger partial charge in [0.2, 0.25) is 0 Å². The third-order valence-corrected chi connectivity index (χ3v) is 4.04. The van der Waals surface area contributed by atoms with Crippen LogP contribution >= 0.6 is 0 Å². The van der Waals surface area contributed by atoms with Crippen LogP contribution in [0.3, 0.4) is 0 Å². The number of hydrogen-bond donors (Lipinski definition) is 1. The second kappa shape index (κ2) is 6.95. The highest BCUT2D eigenvalue weighted by atomic mass is 19.1. The lowest BCUT2D eigenvalue weighted by atomic mass is 9.93. The minimum absolute atomic E-state index is 0.144. The van der Waals surface area contributed by atoms with Crippen molar-refractivity contribution in [3.8, 4) is 11.4 Å². The Balaban J connectivity index is 1.78. The summed E-state index contributed by atoms with van der Waals surface area (Å²) in [5.74, 6) is -0.0869. The molecule has 26 heavy (non-hydrogen) atoms. The predicted molar refractivity (Wildman–Crippen MR) is 94.8 cm³/mol. The summed E-state index contributed by atoms with van der Waals surface area (Å²) in [5, 5.41) is 10.7. The van der Waals surface area contributed by atoms with Crippen LogP contribution in [0.2, 0.25) is 0 Å². The van der Waals surface area contributed by atoms with Crippen molar-refractivity contribution >= 4 is 5.91 Å². The fraction of sp³-hybridized carbons (Fsp3) is 0.211. The van der Waals surface area contributed by atoms with E-state index in [1.807, 2.05) is 0 Å². The molecule has 0 unspecified atom stereocenters. The number of methoxy groups -OCH3 is 1. The molecular formula is C19H19FN4O2. The van der Waals surface area contributed by atoms with E-state index in [9.17, 15) is 9.18 Å². The van der Waals surface area contributed by atoms with Crippen LogP contribution in [-0.4, -0.2) is 28.0 Å². The van der Waals surface area contributed by atoms with E-state index in [0.717, 1.165) is 11.4 Å². The van der Waals surface area contributed by atoms with Crippen molar-refractivity contribution in [3.05, 3.63) is 71.8 Å². The maximum absolute atomic E-state index is 14.0. The summed E-state index contributed by atoms with van der Waals surface area (Å²) in [4.78, 5) is 12.5. The minimum Gasteiger partial charge on any atom is -0.497 e. The minimum atomic E-state index is -0.897. The van der Waals surface area contributed by atoms with Gasteiger partial charge in [-0.25, -0.2) is 9.07 Å². The number of rotatable bonds is 5. The highest BCUT2D eigenvalue weighted by molar-refractivity contribution is 5.92. The summed E-state index contributed by atoms with van der Waals surface area (Å²) in [7, 11) is 1.59. The average molecular weight is 354 g/mol. The van der Waals surface area contributed by atoms with Gasteiger partial charge in [-0.05, 0) is 44.2 Å². The number of aromatic nitrogens is 3. The normalized spacial score (nSPS) is 11.2. The van der Waals surface area contributed by atoms with Gasteiger partial charge in [0.25, 0.3) is 5.91 Å². The second-order valence-corrected chi connectivity index (χ2v) is 6.31. The van der Waals surface area contributed by atoms with Crippen LogP contribution in [0.25, 0.3) is 5.69 Å². The maximum Gasteiger partial charge on any atom is 0.274 e. The summed E-state index contributed by atoms with van der Waals surface area (Å²) in [6, 6.07) is 13.5. The standard InChI is InChI=1S/C19H19FN4O2/c1-19(2,15-6-4-5-7-16(15)20)21-18(25)17-12-24(23-22-17)13-8-10-14(26-3)11-9-13/h4-12H,1-3H3,(H,21,25). The number of halogens is 1. The third-order valence-electron chi connectivity index (χ3n) is 4.04. The number of hydrogen-bond acceptors (Lipinski definition) is 4. The van der Waals surface area contributed by atoms with Crippen LogP contribution in [0.5, 0.6) is 5.75 Å². The molecule has 1 N–H and O–H groups in total. The van der Waals surface area contributed by atoms with Crippen LogP contribution in [-0.2, 0) is 5.54 Å². The first-order valence-electron chi connectivity index (χ1n) is 8.05. The Kier molecular flexibility index (Phi) is 4.71. The van der Waals surface area contributed by atoms with Crippen molar-refractivity contribution in [2.24, 2.45) is 0 Å².